The first-order valence-electron chi connectivity index (χ1n) is 10.0. The molecule has 0 saturated heterocycles. The first kappa shape index (κ1) is 23.5. The Morgan fingerprint density at radius 2 is 1.43 bits per heavy atom. The molecule has 0 saturated carbocycles. The van der Waals surface area contributed by atoms with Crippen LogP contribution in [0.15, 0.2) is 48.5 Å². The number of nitrogens with zero attached hydrogens (tertiary/aromatic N) is 1. The predicted molar refractivity (Wildman–Crippen MR) is 118 cm³/mol. The van der Waals surface area contributed by atoms with Crippen LogP contribution >= 0.6 is 0 Å². The number of nitrogens with one attached hydrogen (secondary N) is 1. The van der Waals surface area contributed by atoms with Gasteiger partial charge in [0.15, 0.2) is 0 Å². The van der Waals surface area contributed by atoms with E-state index in [0.717, 1.165) is 21.9 Å². The number of anilines is 1. The fraction of sp³-hybridized carbons (Fsp3) is 0.409. The van der Waals surface area contributed by atoms with Gasteiger partial charge in [-0.15, -0.1) is 0 Å². The molecule has 30 heavy (non-hydrogen) atoms. The van der Waals surface area contributed by atoms with Crippen molar-refractivity contribution >= 4 is 21.6 Å². The second kappa shape index (κ2) is 10.9. The minimum Gasteiger partial charge on any atom is -0.494 e. The summed E-state index contributed by atoms with van der Waals surface area (Å²) in [4.78, 5) is 12.9. The molecule has 0 heterocycles. The van der Waals surface area contributed by atoms with Gasteiger partial charge in [-0.1, -0.05) is 19.1 Å². The fourth-order valence-electron chi connectivity index (χ4n) is 3.09. The van der Waals surface area contributed by atoms with Gasteiger partial charge in [-0.3, -0.25) is 9.10 Å². The molecule has 0 fully saturated rings. The molecule has 8 heteroatoms. The average molecular weight is 435 g/mol. The molecule has 1 amide bonds. The van der Waals surface area contributed by atoms with Crippen LogP contribution in [0.3, 0.4) is 0 Å². The third-order valence-electron chi connectivity index (χ3n) is 4.43. The van der Waals surface area contributed by atoms with E-state index in [1.54, 1.807) is 31.2 Å². The minimum absolute atomic E-state index is 0.294. The molecule has 2 rings (SSSR count). The Kier molecular flexibility index (Phi) is 8.53. The van der Waals surface area contributed by atoms with Gasteiger partial charge in [-0.25, -0.2) is 8.42 Å². The number of rotatable bonds is 11. The van der Waals surface area contributed by atoms with Crippen LogP contribution in [-0.2, 0) is 21.4 Å². The summed E-state index contributed by atoms with van der Waals surface area (Å²) in [7, 11) is -3.68. The number of sulfonamides is 1. The maximum absolute atomic E-state index is 12.9. The molecule has 0 aliphatic rings. The Morgan fingerprint density at radius 1 is 0.933 bits per heavy atom. The first-order chi connectivity index (χ1) is 14.3. The smallest absolute Gasteiger partial charge is 0.244 e. The van der Waals surface area contributed by atoms with Crippen molar-refractivity contribution in [3.63, 3.8) is 0 Å². The van der Waals surface area contributed by atoms with E-state index in [1.165, 1.54) is 0 Å². The second-order valence-electron chi connectivity index (χ2n) is 6.70. The SMILES string of the molecule is CCOc1ccc(CNC(=O)[C@H](CC)N(c2ccc(OCC)cc2)S(C)(=O)=O)cc1. The van der Waals surface area contributed by atoms with Gasteiger partial charge in [0, 0.05) is 6.54 Å². The van der Waals surface area contributed by atoms with Crippen molar-refractivity contribution in [3.8, 4) is 11.5 Å². The Hall–Kier alpha value is -2.74. The monoisotopic (exact) mass is 434 g/mol. The van der Waals surface area contributed by atoms with E-state index in [-0.39, 0.29) is 5.91 Å². The zero-order chi connectivity index (χ0) is 22.1. The number of amides is 1. The highest BCUT2D eigenvalue weighted by atomic mass is 32.2. The van der Waals surface area contributed by atoms with E-state index in [0.29, 0.717) is 37.6 Å². The number of benzene rings is 2. The summed E-state index contributed by atoms with van der Waals surface area (Å²) in [6.45, 7) is 6.97. The number of carbonyl (C=O) groups excluding carboxylic acids is 1. The Morgan fingerprint density at radius 3 is 1.87 bits per heavy atom. The molecule has 2 aromatic rings. The van der Waals surface area contributed by atoms with Gasteiger partial charge < -0.3 is 14.8 Å². The number of hydrogen-bond donors (Lipinski definition) is 1. The van der Waals surface area contributed by atoms with E-state index in [2.05, 4.69) is 5.32 Å². The molecule has 0 aliphatic carbocycles. The van der Waals surface area contributed by atoms with Crippen molar-refractivity contribution in [2.24, 2.45) is 0 Å². The molecule has 164 valence electrons. The normalized spacial score (nSPS) is 12.1. The molecule has 0 bridgehead atoms. The molecule has 0 spiro atoms. The highest BCUT2D eigenvalue weighted by Gasteiger charge is 2.31. The molecule has 0 aromatic heterocycles. The Bertz CT molecular complexity index is 912. The van der Waals surface area contributed by atoms with Gasteiger partial charge in [0.1, 0.15) is 17.5 Å². The molecular formula is C22H30N2O5S. The fourth-order valence-corrected chi connectivity index (χ4v) is 4.31. The highest BCUT2D eigenvalue weighted by Crippen LogP contribution is 2.25. The van der Waals surface area contributed by atoms with Crippen LogP contribution in [0.2, 0.25) is 0 Å². The van der Waals surface area contributed by atoms with Crippen molar-refractivity contribution in [1.82, 2.24) is 5.32 Å². The maximum atomic E-state index is 12.9. The lowest BCUT2D eigenvalue weighted by Gasteiger charge is -2.30. The van der Waals surface area contributed by atoms with Crippen LogP contribution in [0.25, 0.3) is 0 Å². The molecular weight excluding hydrogens is 404 g/mol. The van der Waals surface area contributed by atoms with Gasteiger partial charge in [0.05, 0.1) is 25.2 Å². The van der Waals surface area contributed by atoms with Crippen LogP contribution in [-0.4, -0.2) is 39.8 Å². The zero-order valence-electron chi connectivity index (χ0n) is 17.9. The third kappa shape index (κ3) is 6.38. The summed E-state index contributed by atoms with van der Waals surface area (Å²) in [5, 5.41) is 2.84. The van der Waals surface area contributed by atoms with E-state index in [1.807, 2.05) is 38.1 Å². The average Bonchev–Trinajstić information content (AvgIpc) is 2.71. The van der Waals surface area contributed by atoms with Crippen LogP contribution in [0.4, 0.5) is 5.69 Å². The molecule has 1 atom stereocenters. The Balaban J connectivity index is 2.16. The first-order valence-corrected chi connectivity index (χ1v) is 11.9. The molecule has 0 aliphatic heterocycles. The molecule has 0 unspecified atom stereocenters. The molecule has 1 N–H and O–H groups in total. The van der Waals surface area contributed by atoms with Crippen LogP contribution in [0.1, 0.15) is 32.8 Å². The number of carbonyl (C=O) groups is 1. The topological polar surface area (TPSA) is 84.9 Å². The lowest BCUT2D eigenvalue weighted by atomic mass is 10.1. The summed E-state index contributed by atoms with van der Waals surface area (Å²) in [6.07, 6.45) is 1.43. The van der Waals surface area contributed by atoms with Gasteiger partial charge >= 0.3 is 0 Å². The van der Waals surface area contributed by atoms with E-state index in [4.69, 9.17) is 9.47 Å². The minimum atomic E-state index is -3.68. The van der Waals surface area contributed by atoms with Crippen molar-refractivity contribution in [2.45, 2.75) is 39.8 Å². The van der Waals surface area contributed by atoms with E-state index >= 15 is 0 Å². The van der Waals surface area contributed by atoms with Gasteiger partial charge in [0.25, 0.3) is 0 Å². The summed E-state index contributed by atoms with van der Waals surface area (Å²) in [6, 6.07) is 13.2. The maximum Gasteiger partial charge on any atom is 0.244 e. The summed E-state index contributed by atoms with van der Waals surface area (Å²) < 4.78 is 37.0. The van der Waals surface area contributed by atoms with Crippen LogP contribution in [0.5, 0.6) is 11.5 Å². The lowest BCUT2D eigenvalue weighted by molar-refractivity contribution is -0.122. The van der Waals surface area contributed by atoms with Gasteiger partial charge in [-0.05, 0) is 62.2 Å². The van der Waals surface area contributed by atoms with Gasteiger partial charge in [-0.2, -0.15) is 0 Å². The lowest BCUT2D eigenvalue weighted by Crippen LogP contribution is -2.49. The second-order valence-corrected chi connectivity index (χ2v) is 8.56. The summed E-state index contributed by atoms with van der Waals surface area (Å²) in [5.74, 6) is 1.05. The van der Waals surface area contributed by atoms with E-state index in [9.17, 15) is 13.2 Å². The number of hydrogen-bond acceptors (Lipinski definition) is 5. The quantitative estimate of drug-likeness (QED) is 0.586. The summed E-state index contributed by atoms with van der Waals surface area (Å²) in [5.41, 5.74) is 1.32. The van der Waals surface area contributed by atoms with Crippen molar-refractivity contribution in [2.75, 3.05) is 23.8 Å². The Labute approximate surface area is 179 Å². The number of ether oxygens (including phenoxy) is 2. The zero-order valence-corrected chi connectivity index (χ0v) is 18.7. The van der Waals surface area contributed by atoms with Crippen LogP contribution < -0.4 is 19.1 Å². The molecule has 0 radical (unpaired) electrons. The summed E-state index contributed by atoms with van der Waals surface area (Å²) >= 11 is 0. The van der Waals surface area contributed by atoms with E-state index < -0.39 is 16.1 Å². The van der Waals surface area contributed by atoms with Crippen molar-refractivity contribution < 1.29 is 22.7 Å². The van der Waals surface area contributed by atoms with Crippen molar-refractivity contribution in [3.05, 3.63) is 54.1 Å². The molecule has 7 nitrogen and oxygen atoms in total. The molecule has 2 aromatic carbocycles. The largest absolute Gasteiger partial charge is 0.494 e. The van der Waals surface area contributed by atoms with Gasteiger partial charge in [0.2, 0.25) is 15.9 Å². The highest BCUT2D eigenvalue weighted by molar-refractivity contribution is 7.92. The standard InChI is InChI=1S/C22H30N2O5S/c1-5-21(22(25)23-16-17-8-12-19(13-9-17)28-6-2)24(30(4,26)27)18-10-14-20(15-11-18)29-7-3/h8-15,21H,5-7,16H2,1-4H3,(H,23,25)/t21-/m0/s1. The predicted octanol–water partition coefficient (Wildman–Crippen LogP) is 3.35. The third-order valence-corrected chi connectivity index (χ3v) is 5.61. The van der Waals surface area contributed by atoms with Crippen molar-refractivity contribution in [1.29, 1.82) is 0 Å². The van der Waals surface area contributed by atoms with Crippen LogP contribution in [0, 0.1) is 0 Å².